The van der Waals surface area contributed by atoms with Gasteiger partial charge in [-0.2, -0.15) is 11.8 Å². The molecule has 0 saturated carbocycles. The third-order valence-electron chi connectivity index (χ3n) is 2.97. The van der Waals surface area contributed by atoms with Gasteiger partial charge in [-0.15, -0.1) is 11.3 Å². The second kappa shape index (κ2) is 8.40. The van der Waals surface area contributed by atoms with Crippen LogP contribution in [0.1, 0.15) is 23.1 Å². The SMILES string of the molecule is CSCCC(C)N(C)Cc1ccc(/C=C/C(=O)O)s1. The molecule has 19 heavy (non-hydrogen) atoms. The average molecular weight is 299 g/mol. The second-order valence-corrected chi connectivity index (χ2v) is 6.71. The third kappa shape index (κ3) is 6.27. The molecule has 0 radical (unpaired) electrons. The molecule has 1 heterocycles. The van der Waals surface area contributed by atoms with Gasteiger partial charge in [0, 0.05) is 28.4 Å². The summed E-state index contributed by atoms with van der Waals surface area (Å²) in [6.07, 6.45) is 6.15. The highest BCUT2D eigenvalue weighted by Gasteiger charge is 2.10. The zero-order valence-corrected chi connectivity index (χ0v) is 13.3. The third-order valence-corrected chi connectivity index (χ3v) is 4.65. The standard InChI is InChI=1S/C14H21NO2S2/c1-11(8-9-18-3)15(2)10-13-5-4-12(19-13)6-7-14(16)17/h4-7,11H,8-10H2,1-3H3,(H,16,17)/b7-6+. The fourth-order valence-electron chi connectivity index (χ4n) is 1.63. The van der Waals surface area contributed by atoms with E-state index in [2.05, 4.69) is 31.2 Å². The molecule has 0 spiro atoms. The largest absolute Gasteiger partial charge is 0.478 e. The number of carboxylic acids is 1. The first-order valence-corrected chi connectivity index (χ1v) is 8.43. The van der Waals surface area contributed by atoms with E-state index in [9.17, 15) is 4.79 Å². The van der Waals surface area contributed by atoms with Crippen LogP contribution in [-0.4, -0.2) is 41.1 Å². The van der Waals surface area contributed by atoms with E-state index < -0.39 is 5.97 Å². The van der Waals surface area contributed by atoms with Crippen molar-refractivity contribution in [3.8, 4) is 0 Å². The van der Waals surface area contributed by atoms with Crippen LogP contribution in [0.4, 0.5) is 0 Å². The molecule has 0 saturated heterocycles. The number of aliphatic carboxylic acids is 1. The van der Waals surface area contributed by atoms with Crippen LogP contribution < -0.4 is 0 Å². The van der Waals surface area contributed by atoms with Crippen molar-refractivity contribution in [3.05, 3.63) is 28.0 Å². The Kier molecular flexibility index (Phi) is 7.20. The number of carboxylic acid groups (broad SMARTS) is 1. The van der Waals surface area contributed by atoms with Crippen molar-refractivity contribution in [2.75, 3.05) is 19.1 Å². The summed E-state index contributed by atoms with van der Waals surface area (Å²) in [7, 11) is 2.14. The van der Waals surface area contributed by atoms with E-state index >= 15 is 0 Å². The minimum atomic E-state index is -0.905. The lowest BCUT2D eigenvalue weighted by molar-refractivity contribution is -0.131. The molecule has 1 aromatic rings. The summed E-state index contributed by atoms with van der Waals surface area (Å²) < 4.78 is 0. The van der Waals surface area contributed by atoms with E-state index in [-0.39, 0.29) is 0 Å². The quantitative estimate of drug-likeness (QED) is 0.747. The first-order chi connectivity index (χ1) is 9.02. The fourth-order valence-corrected chi connectivity index (χ4v) is 3.19. The zero-order chi connectivity index (χ0) is 14.3. The molecule has 1 N–H and O–H groups in total. The molecular weight excluding hydrogens is 278 g/mol. The molecule has 0 aliphatic heterocycles. The van der Waals surface area contributed by atoms with E-state index in [1.54, 1.807) is 17.4 Å². The molecule has 1 rings (SSSR count). The lowest BCUT2D eigenvalue weighted by atomic mass is 10.2. The van der Waals surface area contributed by atoms with Crippen LogP contribution in [0.3, 0.4) is 0 Å². The fraction of sp³-hybridized carbons (Fsp3) is 0.500. The number of thioether (sulfide) groups is 1. The van der Waals surface area contributed by atoms with Gasteiger partial charge in [0.1, 0.15) is 0 Å². The van der Waals surface area contributed by atoms with Gasteiger partial charge in [-0.25, -0.2) is 4.79 Å². The topological polar surface area (TPSA) is 40.5 Å². The van der Waals surface area contributed by atoms with E-state index in [0.717, 1.165) is 11.4 Å². The van der Waals surface area contributed by atoms with Crippen LogP contribution in [0.15, 0.2) is 18.2 Å². The lowest BCUT2D eigenvalue weighted by Crippen LogP contribution is -2.28. The van der Waals surface area contributed by atoms with Crippen LogP contribution in [0.25, 0.3) is 6.08 Å². The second-order valence-electron chi connectivity index (χ2n) is 4.52. The molecule has 1 unspecified atom stereocenters. The summed E-state index contributed by atoms with van der Waals surface area (Å²) in [4.78, 5) is 15.1. The smallest absolute Gasteiger partial charge is 0.328 e. The Balaban J connectivity index is 2.50. The van der Waals surface area contributed by atoms with Crippen LogP contribution in [0.5, 0.6) is 0 Å². The van der Waals surface area contributed by atoms with Crippen molar-refractivity contribution in [3.63, 3.8) is 0 Å². The van der Waals surface area contributed by atoms with Crippen molar-refractivity contribution in [1.29, 1.82) is 0 Å². The maximum atomic E-state index is 10.5. The number of rotatable bonds is 8. The van der Waals surface area contributed by atoms with Gasteiger partial charge in [0.25, 0.3) is 0 Å². The van der Waals surface area contributed by atoms with Gasteiger partial charge in [0.05, 0.1) is 0 Å². The molecule has 0 fully saturated rings. The highest BCUT2D eigenvalue weighted by Crippen LogP contribution is 2.20. The minimum Gasteiger partial charge on any atom is -0.478 e. The number of hydrogen-bond acceptors (Lipinski definition) is 4. The molecule has 106 valence electrons. The summed E-state index contributed by atoms with van der Waals surface area (Å²) in [5, 5.41) is 8.59. The summed E-state index contributed by atoms with van der Waals surface area (Å²) in [6, 6.07) is 4.61. The molecule has 1 aromatic heterocycles. The Morgan fingerprint density at radius 2 is 2.32 bits per heavy atom. The van der Waals surface area contributed by atoms with Gasteiger partial charge in [-0.3, -0.25) is 4.90 Å². The van der Waals surface area contributed by atoms with E-state index in [0.29, 0.717) is 6.04 Å². The molecule has 0 aliphatic carbocycles. The number of nitrogens with zero attached hydrogens (tertiary/aromatic N) is 1. The van der Waals surface area contributed by atoms with E-state index in [1.807, 2.05) is 17.8 Å². The van der Waals surface area contributed by atoms with Crippen LogP contribution in [0, 0.1) is 0 Å². The predicted octanol–water partition coefficient (Wildman–Crippen LogP) is 3.42. The first kappa shape index (κ1) is 16.3. The van der Waals surface area contributed by atoms with Crippen molar-refractivity contribution < 1.29 is 9.90 Å². The van der Waals surface area contributed by atoms with Crippen LogP contribution >= 0.6 is 23.1 Å². The lowest BCUT2D eigenvalue weighted by Gasteiger charge is -2.23. The van der Waals surface area contributed by atoms with Crippen LogP contribution in [-0.2, 0) is 11.3 Å². The molecular formula is C14H21NO2S2. The zero-order valence-electron chi connectivity index (χ0n) is 11.6. The molecule has 0 bridgehead atoms. The first-order valence-electron chi connectivity index (χ1n) is 6.22. The number of carbonyl (C=O) groups is 1. The highest BCUT2D eigenvalue weighted by atomic mass is 32.2. The van der Waals surface area contributed by atoms with Crippen LogP contribution in [0.2, 0.25) is 0 Å². The monoisotopic (exact) mass is 299 g/mol. The number of thiophene rings is 1. The van der Waals surface area contributed by atoms with Gasteiger partial charge >= 0.3 is 5.97 Å². The maximum absolute atomic E-state index is 10.5. The summed E-state index contributed by atoms with van der Waals surface area (Å²) in [5.74, 6) is 0.278. The molecule has 0 aromatic carbocycles. The van der Waals surface area contributed by atoms with E-state index in [4.69, 9.17) is 5.11 Å². The maximum Gasteiger partial charge on any atom is 0.328 e. The summed E-state index contributed by atoms with van der Waals surface area (Å²) in [5.41, 5.74) is 0. The molecule has 3 nitrogen and oxygen atoms in total. The van der Waals surface area contributed by atoms with Gasteiger partial charge in [-0.05, 0) is 50.6 Å². The van der Waals surface area contributed by atoms with Crippen molar-refractivity contribution in [2.24, 2.45) is 0 Å². The summed E-state index contributed by atoms with van der Waals surface area (Å²) >= 11 is 3.53. The Labute approximate surface area is 123 Å². The van der Waals surface area contributed by atoms with Gasteiger partial charge in [0.15, 0.2) is 0 Å². The van der Waals surface area contributed by atoms with Gasteiger partial charge in [-0.1, -0.05) is 0 Å². The highest BCUT2D eigenvalue weighted by molar-refractivity contribution is 7.98. The summed E-state index contributed by atoms with van der Waals surface area (Å²) in [6.45, 7) is 3.16. The average Bonchev–Trinajstić information content (AvgIpc) is 2.81. The Morgan fingerprint density at radius 3 is 2.95 bits per heavy atom. The Bertz CT molecular complexity index is 429. The molecule has 5 heteroatoms. The Morgan fingerprint density at radius 1 is 1.58 bits per heavy atom. The normalized spacial score (nSPS) is 13.3. The van der Waals surface area contributed by atoms with Gasteiger partial charge < -0.3 is 5.11 Å². The van der Waals surface area contributed by atoms with Gasteiger partial charge in [0.2, 0.25) is 0 Å². The van der Waals surface area contributed by atoms with E-state index in [1.165, 1.54) is 23.1 Å². The van der Waals surface area contributed by atoms with Crippen molar-refractivity contribution in [2.45, 2.75) is 25.9 Å². The minimum absolute atomic E-state index is 0.563. The van der Waals surface area contributed by atoms with Crippen molar-refractivity contribution in [1.82, 2.24) is 4.90 Å². The molecule has 0 aliphatic rings. The number of hydrogen-bond donors (Lipinski definition) is 1. The Hall–Kier alpha value is -0.780. The molecule has 0 amide bonds. The predicted molar refractivity (Wildman–Crippen MR) is 84.9 cm³/mol. The molecule has 1 atom stereocenters. The van der Waals surface area contributed by atoms with Crippen molar-refractivity contribution >= 4 is 35.1 Å².